The van der Waals surface area contributed by atoms with Gasteiger partial charge in [0.1, 0.15) is 5.75 Å². The van der Waals surface area contributed by atoms with Crippen LogP contribution in [0, 0.1) is 0 Å². The maximum atomic E-state index is 12.7. The van der Waals surface area contributed by atoms with Crippen LogP contribution in [-0.2, 0) is 6.54 Å². The molecule has 0 unspecified atom stereocenters. The largest absolute Gasteiger partial charge is 0.496 e. The summed E-state index contributed by atoms with van der Waals surface area (Å²) in [6.07, 6.45) is 1.71. The first-order valence-corrected chi connectivity index (χ1v) is 8.69. The molecule has 0 saturated carbocycles. The SMILES string of the molecule is COc1ccccc1CNC(=O)c1nc(C(=O)NC(C)C)c2ccccn12. The summed E-state index contributed by atoms with van der Waals surface area (Å²) >= 11 is 0. The lowest BCUT2D eigenvalue weighted by molar-refractivity contribution is 0.0939. The molecular weight excluding hydrogens is 344 g/mol. The van der Waals surface area contributed by atoms with Crippen LogP contribution in [0.4, 0.5) is 0 Å². The Morgan fingerprint density at radius 3 is 2.59 bits per heavy atom. The molecule has 0 aliphatic carbocycles. The van der Waals surface area contributed by atoms with Gasteiger partial charge in [0.25, 0.3) is 11.8 Å². The number of pyridine rings is 1. The number of methoxy groups -OCH3 is 1. The molecule has 0 radical (unpaired) electrons. The summed E-state index contributed by atoms with van der Waals surface area (Å²) < 4.78 is 6.92. The third kappa shape index (κ3) is 3.92. The minimum absolute atomic E-state index is 0.0271. The van der Waals surface area contributed by atoms with Gasteiger partial charge < -0.3 is 15.4 Å². The Bertz CT molecular complexity index is 978. The van der Waals surface area contributed by atoms with Gasteiger partial charge in [-0.05, 0) is 32.0 Å². The zero-order chi connectivity index (χ0) is 19.4. The number of carbonyl (C=O) groups is 2. The van der Waals surface area contributed by atoms with E-state index in [-0.39, 0.29) is 35.9 Å². The molecule has 0 aliphatic rings. The first-order chi connectivity index (χ1) is 13.0. The van der Waals surface area contributed by atoms with Gasteiger partial charge in [-0.25, -0.2) is 4.98 Å². The van der Waals surface area contributed by atoms with Crippen LogP contribution in [-0.4, -0.2) is 34.4 Å². The molecule has 2 heterocycles. The normalized spacial score (nSPS) is 10.8. The fourth-order valence-electron chi connectivity index (χ4n) is 2.80. The monoisotopic (exact) mass is 366 g/mol. The highest BCUT2D eigenvalue weighted by Crippen LogP contribution is 2.17. The molecule has 7 nitrogen and oxygen atoms in total. The van der Waals surface area contributed by atoms with Crippen molar-refractivity contribution in [2.24, 2.45) is 0 Å². The van der Waals surface area contributed by atoms with E-state index < -0.39 is 0 Å². The zero-order valence-corrected chi connectivity index (χ0v) is 15.5. The molecule has 7 heteroatoms. The number of hydrogen-bond acceptors (Lipinski definition) is 4. The van der Waals surface area contributed by atoms with Crippen molar-refractivity contribution in [3.8, 4) is 5.75 Å². The van der Waals surface area contributed by atoms with Crippen molar-refractivity contribution >= 4 is 17.3 Å². The lowest BCUT2D eigenvalue weighted by Crippen LogP contribution is -2.30. The number of benzene rings is 1. The summed E-state index contributed by atoms with van der Waals surface area (Å²) in [6.45, 7) is 4.03. The smallest absolute Gasteiger partial charge is 0.287 e. The summed E-state index contributed by atoms with van der Waals surface area (Å²) in [5.74, 6) is 0.181. The molecule has 0 fully saturated rings. The van der Waals surface area contributed by atoms with Crippen molar-refractivity contribution in [2.45, 2.75) is 26.4 Å². The molecule has 140 valence electrons. The van der Waals surface area contributed by atoms with Crippen LogP contribution < -0.4 is 15.4 Å². The lowest BCUT2D eigenvalue weighted by atomic mass is 10.2. The molecule has 3 rings (SSSR count). The third-order valence-corrected chi connectivity index (χ3v) is 4.02. The maximum Gasteiger partial charge on any atom is 0.287 e. The number of nitrogens with one attached hydrogen (secondary N) is 2. The molecule has 0 atom stereocenters. The van der Waals surface area contributed by atoms with Gasteiger partial charge in [0.05, 0.1) is 12.6 Å². The first-order valence-electron chi connectivity index (χ1n) is 8.69. The Kier molecular flexibility index (Phi) is 5.40. The highest BCUT2D eigenvalue weighted by Gasteiger charge is 2.21. The highest BCUT2D eigenvalue weighted by atomic mass is 16.5. The highest BCUT2D eigenvalue weighted by molar-refractivity contribution is 6.02. The van der Waals surface area contributed by atoms with Gasteiger partial charge in [0, 0.05) is 24.3 Å². The van der Waals surface area contributed by atoms with Crippen molar-refractivity contribution < 1.29 is 14.3 Å². The minimum atomic E-state index is -0.370. The summed E-state index contributed by atoms with van der Waals surface area (Å²) in [5, 5.41) is 5.65. The Labute approximate surface area is 157 Å². The molecule has 0 spiro atoms. The van der Waals surface area contributed by atoms with Crippen LogP contribution in [0.1, 0.15) is 40.5 Å². The van der Waals surface area contributed by atoms with Gasteiger partial charge in [-0.2, -0.15) is 0 Å². The van der Waals surface area contributed by atoms with Crippen molar-refractivity contribution in [3.05, 3.63) is 65.7 Å². The number of hydrogen-bond donors (Lipinski definition) is 2. The average Bonchev–Trinajstić information content (AvgIpc) is 3.06. The van der Waals surface area contributed by atoms with Crippen molar-refractivity contribution in [3.63, 3.8) is 0 Å². The number of rotatable bonds is 6. The van der Waals surface area contributed by atoms with Crippen molar-refractivity contribution in [2.75, 3.05) is 7.11 Å². The molecular formula is C20H22N4O3. The quantitative estimate of drug-likeness (QED) is 0.702. The summed E-state index contributed by atoms with van der Waals surface area (Å²) in [7, 11) is 1.59. The number of imidazole rings is 1. The molecule has 2 N–H and O–H groups in total. The molecule has 2 amide bonds. The predicted molar refractivity (Wildman–Crippen MR) is 102 cm³/mol. The number of fused-ring (bicyclic) bond motifs is 1. The van der Waals surface area contributed by atoms with Gasteiger partial charge in [-0.3, -0.25) is 14.0 Å². The second-order valence-corrected chi connectivity index (χ2v) is 6.36. The van der Waals surface area contributed by atoms with Crippen molar-refractivity contribution in [1.29, 1.82) is 0 Å². The van der Waals surface area contributed by atoms with Crippen molar-refractivity contribution in [1.82, 2.24) is 20.0 Å². The van der Waals surface area contributed by atoms with Gasteiger partial charge >= 0.3 is 0 Å². The fraction of sp³-hybridized carbons (Fsp3) is 0.250. The number of nitrogens with zero attached hydrogens (tertiary/aromatic N) is 2. The van der Waals surface area contributed by atoms with E-state index in [1.165, 1.54) is 0 Å². The molecule has 0 bridgehead atoms. The van der Waals surface area contributed by atoms with E-state index in [1.54, 1.807) is 35.9 Å². The van der Waals surface area contributed by atoms with Gasteiger partial charge in [-0.15, -0.1) is 0 Å². The van der Waals surface area contributed by atoms with Gasteiger partial charge in [0.2, 0.25) is 5.82 Å². The molecule has 2 aromatic heterocycles. The number of aromatic nitrogens is 2. The number of amides is 2. The molecule has 3 aromatic rings. The zero-order valence-electron chi connectivity index (χ0n) is 15.5. The van der Waals surface area contributed by atoms with Gasteiger partial charge in [-0.1, -0.05) is 24.3 Å². The number of ether oxygens (including phenoxy) is 1. The number of carbonyl (C=O) groups excluding carboxylic acids is 2. The molecule has 0 saturated heterocycles. The number of para-hydroxylation sites is 1. The van der Waals surface area contributed by atoms with Crippen LogP contribution in [0.5, 0.6) is 5.75 Å². The summed E-state index contributed by atoms with van der Waals surface area (Å²) in [5.41, 5.74) is 1.66. The predicted octanol–water partition coefficient (Wildman–Crippen LogP) is 2.41. The van der Waals surface area contributed by atoms with E-state index in [4.69, 9.17) is 4.74 Å². The lowest BCUT2D eigenvalue weighted by Gasteiger charge is -2.09. The Morgan fingerprint density at radius 1 is 1.11 bits per heavy atom. The fourth-order valence-corrected chi connectivity index (χ4v) is 2.80. The summed E-state index contributed by atoms with van der Waals surface area (Å²) in [6, 6.07) is 12.8. The maximum absolute atomic E-state index is 12.7. The average molecular weight is 366 g/mol. The van der Waals surface area contributed by atoms with Crippen LogP contribution >= 0.6 is 0 Å². The molecule has 1 aromatic carbocycles. The Morgan fingerprint density at radius 2 is 1.85 bits per heavy atom. The Hall–Kier alpha value is -3.35. The molecule has 27 heavy (non-hydrogen) atoms. The van der Waals surface area contributed by atoms with E-state index >= 15 is 0 Å². The van der Waals surface area contributed by atoms with E-state index in [0.717, 1.165) is 5.56 Å². The van der Waals surface area contributed by atoms with Crippen LogP contribution in [0.15, 0.2) is 48.7 Å². The third-order valence-electron chi connectivity index (χ3n) is 4.02. The second-order valence-electron chi connectivity index (χ2n) is 6.36. The van der Waals surface area contributed by atoms with Crippen LogP contribution in [0.3, 0.4) is 0 Å². The Balaban J connectivity index is 1.87. The summed E-state index contributed by atoms with van der Waals surface area (Å²) in [4.78, 5) is 29.5. The van der Waals surface area contributed by atoms with E-state index in [1.807, 2.05) is 38.1 Å². The van der Waals surface area contributed by atoms with Crippen LogP contribution in [0.2, 0.25) is 0 Å². The second kappa shape index (κ2) is 7.90. The standard InChI is InChI=1S/C20H22N4O3/c1-13(2)22-19(25)17-15-9-6-7-11-24(15)18(23-17)20(26)21-12-14-8-4-5-10-16(14)27-3/h4-11,13H,12H2,1-3H3,(H,21,26)(H,22,25). The molecule has 0 aliphatic heterocycles. The minimum Gasteiger partial charge on any atom is -0.496 e. The van der Waals surface area contributed by atoms with E-state index in [9.17, 15) is 9.59 Å². The first kappa shape index (κ1) is 18.4. The topological polar surface area (TPSA) is 84.7 Å². The van der Waals surface area contributed by atoms with E-state index in [0.29, 0.717) is 11.3 Å². The van der Waals surface area contributed by atoms with Crippen LogP contribution in [0.25, 0.3) is 5.52 Å². The van der Waals surface area contributed by atoms with Gasteiger partial charge in [0.15, 0.2) is 5.69 Å². The van der Waals surface area contributed by atoms with E-state index in [2.05, 4.69) is 15.6 Å².